The van der Waals surface area contributed by atoms with Gasteiger partial charge >= 0.3 is 0 Å². The Hall–Kier alpha value is -2.11. The lowest BCUT2D eigenvalue weighted by atomic mass is 10.2. The molecule has 4 aromatic rings. The minimum Gasteiger partial charge on any atom is -0.233 e. The average Bonchev–Trinajstić information content (AvgIpc) is 3.11. The Kier molecular flexibility index (Phi) is 2.14. The highest BCUT2D eigenvalue weighted by molar-refractivity contribution is 9.10. The summed E-state index contributed by atoms with van der Waals surface area (Å²) >= 11 is 3.08. The second-order valence-electron chi connectivity index (χ2n) is 5.22. The summed E-state index contributed by atoms with van der Waals surface area (Å²) in [4.78, 5) is -0.148. The third kappa shape index (κ3) is 2.27. The molecule has 1 heterocycles. The Morgan fingerprint density at radius 3 is 2.38 bits per heavy atom. The predicted octanol–water partition coefficient (Wildman–Crippen LogP) is 5.10. The first-order chi connectivity index (χ1) is 14.4. The molecule has 0 bridgehead atoms. The lowest BCUT2D eigenvalue weighted by Gasteiger charge is -2.09. The summed E-state index contributed by atoms with van der Waals surface area (Å²) in [5.41, 5.74) is 0.122. The topological polar surface area (TPSA) is 39.1 Å². The summed E-state index contributed by atoms with van der Waals surface area (Å²) in [5, 5.41) is -0.318. The van der Waals surface area contributed by atoms with Gasteiger partial charge in [0.1, 0.15) is 0 Å². The van der Waals surface area contributed by atoms with Crippen LogP contribution in [-0.2, 0) is 10.0 Å². The molecule has 0 radical (unpaired) electrons. The van der Waals surface area contributed by atoms with Gasteiger partial charge in [-0.25, -0.2) is 12.4 Å². The number of benzene rings is 3. The van der Waals surface area contributed by atoms with E-state index in [0.29, 0.717) is 3.97 Å². The van der Waals surface area contributed by atoms with Crippen LogP contribution >= 0.6 is 15.9 Å². The molecular weight excluding hydrogens is 386 g/mol. The molecule has 0 aliphatic rings. The number of para-hydroxylation sites is 1. The van der Waals surface area contributed by atoms with Gasteiger partial charge in [-0.1, -0.05) is 51.8 Å². The molecular formula is C19H14BrNO2S. The molecule has 0 unspecified atom stereocenters. The Labute approximate surface area is 158 Å². The zero-order valence-electron chi connectivity index (χ0n) is 19.4. The first-order valence-corrected chi connectivity index (χ1v) is 9.16. The van der Waals surface area contributed by atoms with Gasteiger partial charge in [-0.05, 0) is 43.2 Å². The summed E-state index contributed by atoms with van der Waals surface area (Å²) in [5.74, 6) is 0. The Morgan fingerprint density at radius 2 is 1.62 bits per heavy atom. The lowest BCUT2D eigenvalue weighted by Crippen LogP contribution is -2.12. The smallest absolute Gasteiger partial charge is 0.233 e. The molecule has 0 saturated heterocycles. The van der Waals surface area contributed by atoms with Crippen LogP contribution in [0.5, 0.6) is 0 Å². The van der Waals surface area contributed by atoms with Crippen molar-refractivity contribution in [2.24, 2.45) is 0 Å². The summed E-state index contributed by atoms with van der Waals surface area (Å²) < 4.78 is 85.6. The molecule has 0 N–H and O–H groups in total. The second kappa shape index (κ2) is 5.46. The van der Waals surface area contributed by atoms with Crippen molar-refractivity contribution in [3.8, 4) is 0 Å². The Morgan fingerprint density at radius 1 is 0.958 bits per heavy atom. The van der Waals surface area contributed by atoms with Gasteiger partial charge in [-0.15, -0.1) is 0 Å². The largest absolute Gasteiger partial charge is 0.268 e. The van der Waals surface area contributed by atoms with Crippen LogP contribution < -0.4 is 0 Å². The number of hydrogen-bond acceptors (Lipinski definition) is 2. The molecule has 24 heavy (non-hydrogen) atoms. The summed E-state index contributed by atoms with van der Waals surface area (Å²) in [6, 6.07) is 2.28. The molecule has 0 spiro atoms. The Balaban J connectivity index is 2.39. The van der Waals surface area contributed by atoms with Crippen LogP contribution in [0.4, 0.5) is 0 Å². The van der Waals surface area contributed by atoms with Gasteiger partial charge < -0.3 is 0 Å². The molecule has 0 atom stereocenters. The van der Waals surface area contributed by atoms with E-state index in [1.807, 2.05) is 0 Å². The van der Waals surface area contributed by atoms with Crippen molar-refractivity contribution in [3.05, 3.63) is 76.6 Å². The van der Waals surface area contributed by atoms with E-state index >= 15 is 0 Å². The standard InChI is InChI=1S/C19H14BrNO2S/c1-13-6-9-15(10-7-13)24(22,23)21-18-5-3-2-4-16(18)17-12-14(20)8-11-19(17)21/h2-12H,1H3/i2D,3D,4D,5D,8D,11D,12D. The van der Waals surface area contributed by atoms with Gasteiger partial charge in [0.05, 0.1) is 25.5 Å². The number of aromatic nitrogens is 1. The van der Waals surface area contributed by atoms with E-state index in [2.05, 4.69) is 15.9 Å². The van der Waals surface area contributed by atoms with Crippen molar-refractivity contribution in [1.29, 1.82) is 0 Å². The lowest BCUT2D eigenvalue weighted by molar-refractivity contribution is 0.590. The number of halogens is 1. The van der Waals surface area contributed by atoms with Gasteiger partial charge in [0, 0.05) is 15.2 Å². The zero-order valence-corrected chi connectivity index (χ0v) is 14.8. The highest BCUT2D eigenvalue weighted by Gasteiger charge is 2.23. The second-order valence-corrected chi connectivity index (χ2v) is 7.80. The van der Waals surface area contributed by atoms with E-state index in [0.717, 1.165) is 5.56 Å². The average molecular weight is 407 g/mol. The first kappa shape index (κ1) is 9.39. The van der Waals surface area contributed by atoms with Gasteiger partial charge in [-0.3, -0.25) is 0 Å². The molecule has 3 nitrogen and oxygen atoms in total. The molecule has 0 saturated carbocycles. The van der Waals surface area contributed by atoms with E-state index in [9.17, 15) is 8.42 Å². The third-order valence-electron chi connectivity index (χ3n) is 3.65. The van der Waals surface area contributed by atoms with Crippen molar-refractivity contribution in [2.75, 3.05) is 0 Å². The highest BCUT2D eigenvalue weighted by Crippen LogP contribution is 2.33. The van der Waals surface area contributed by atoms with E-state index in [1.165, 1.54) is 12.1 Å². The normalized spacial score (nSPS) is 16.2. The number of nitrogens with zero attached hydrogens (tertiary/aromatic N) is 1. The third-order valence-corrected chi connectivity index (χ3v) is 5.76. The van der Waals surface area contributed by atoms with Gasteiger partial charge in [-0.2, -0.15) is 0 Å². The number of aryl methyl sites for hydroxylation is 1. The molecule has 0 fully saturated rings. The van der Waals surface area contributed by atoms with Crippen LogP contribution in [0.3, 0.4) is 0 Å². The van der Waals surface area contributed by atoms with Crippen molar-refractivity contribution in [3.63, 3.8) is 0 Å². The fraction of sp³-hybridized carbons (Fsp3) is 0.0526. The van der Waals surface area contributed by atoms with Crippen molar-refractivity contribution in [2.45, 2.75) is 11.8 Å². The van der Waals surface area contributed by atoms with Crippen LogP contribution in [0, 0.1) is 6.92 Å². The monoisotopic (exact) mass is 406 g/mol. The maximum atomic E-state index is 13.6. The molecule has 5 heteroatoms. The molecule has 0 aliphatic carbocycles. The molecule has 1 aromatic heterocycles. The van der Waals surface area contributed by atoms with E-state index < -0.39 is 46.3 Å². The van der Waals surface area contributed by atoms with Gasteiger partial charge in [0.2, 0.25) is 0 Å². The summed E-state index contributed by atoms with van der Waals surface area (Å²) in [6.07, 6.45) is 0. The maximum Gasteiger partial charge on any atom is 0.268 e. The van der Waals surface area contributed by atoms with Crippen molar-refractivity contribution < 1.29 is 18.0 Å². The SMILES string of the molecule is [2H]c1c([2H])c([2H])c2c(c1[2H])c1c([2H])c(Br)c([2H])c([2H])c1n2S(=O)(=O)c1ccc(C)cc1. The minimum atomic E-state index is -4.44. The number of rotatable bonds is 2. The zero-order chi connectivity index (χ0) is 23.0. The first-order valence-electron chi connectivity index (χ1n) is 10.4. The van der Waals surface area contributed by atoms with Crippen LogP contribution in [0.2, 0.25) is 0 Å². The summed E-state index contributed by atoms with van der Waals surface area (Å²) in [7, 11) is -4.44. The minimum absolute atomic E-state index is 0.0656. The number of fused-ring (bicyclic) bond motifs is 3. The van der Waals surface area contributed by atoms with E-state index in [-0.39, 0.29) is 37.2 Å². The van der Waals surface area contributed by atoms with Crippen LogP contribution in [0.1, 0.15) is 15.2 Å². The molecule has 120 valence electrons. The van der Waals surface area contributed by atoms with Gasteiger partial charge in [0.25, 0.3) is 10.0 Å². The Bertz CT molecular complexity index is 1450. The highest BCUT2D eigenvalue weighted by atomic mass is 79.9. The molecule has 0 aliphatic heterocycles. The molecule has 4 rings (SSSR count). The van der Waals surface area contributed by atoms with Crippen molar-refractivity contribution in [1.82, 2.24) is 3.97 Å². The van der Waals surface area contributed by atoms with Crippen molar-refractivity contribution >= 4 is 47.8 Å². The number of hydrogen-bond donors (Lipinski definition) is 0. The van der Waals surface area contributed by atoms with E-state index in [4.69, 9.17) is 9.60 Å². The van der Waals surface area contributed by atoms with E-state index in [1.54, 1.807) is 19.1 Å². The van der Waals surface area contributed by atoms with Crippen LogP contribution in [-0.4, -0.2) is 12.4 Å². The summed E-state index contributed by atoms with van der Waals surface area (Å²) in [6.45, 7) is 1.78. The molecule has 0 amide bonds. The van der Waals surface area contributed by atoms with Crippen LogP contribution in [0.15, 0.2) is 75.9 Å². The quantitative estimate of drug-likeness (QED) is 0.464. The maximum absolute atomic E-state index is 13.6. The van der Waals surface area contributed by atoms with Gasteiger partial charge in [0.15, 0.2) is 0 Å². The molecule has 3 aromatic carbocycles. The fourth-order valence-electron chi connectivity index (χ4n) is 2.52. The van der Waals surface area contributed by atoms with Crippen LogP contribution in [0.25, 0.3) is 21.8 Å². The fourth-order valence-corrected chi connectivity index (χ4v) is 4.26. The predicted molar refractivity (Wildman–Crippen MR) is 101 cm³/mol.